The van der Waals surface area contributed by atoms with E-state index in [0.29, 0.717) is 24.0 Å². The van der Waals surface area contributed by atoms with Gasteiger partial charge in [0.25, 0.3) is 0 Å². The first-order valence-corrected chi connectivity index (χ1v) is 16.5. The Hall–Kier alpha value is -1.72. The van der Waals surface area contributed by atoms with Crippen molar-refractivity contribution in [3.05, 3.63) is 0 Å². The van der Waals surface area contributed by atoms with Gasteiger partial charge >= 0.3 is 0 Å². The van der Waals surface area contributed by atoms with Crippen LogP contribution in [0.2, 0.25) is 0 Å². The van der Waals surface area contributed by atoms with E-state index in [2.05, 4.69) is 6.92 Å². The molecule has 2 aliphatic heterocycles. The van der Waals surface area contributed by atoms with Crippen molar-refractivity contribution in [2.24, 2.45) is 0 Å². The standard InChI is InChI=1S/C20H37NO2.C13H23NO2.CH4/c1-2-3-4-5-6-9-14-19(22)15-10-7-12-17-21-18-13-8-11-16-20(21)23;1-12(15)8-4-2-6-10-14-11-7-3-5-9-13(14)16;/h2-18H2,1H3;2-11H2,1H3;1H4. The fourth-order valence-electron chi connectivity index (χ4n) is 5.43. The maximum absolute atomic E-state index is 11.9. The quantitative estimate of drug-likeness (QED) is 0.148. The highest BCUT2D eigenvalue weighted by Crippen LogP contribution is 2.14. The lowest BCUT2D eigenvalue weighted by Crippen LogP contribution is -2.31. The molecule has 40 heavy (non-hydrogen) atoms. The van der Waals surface area contributed by atoms with Crippen LogP contribution in [0.5, 0.6) is 0 Å². The molecule has 2 saturated heterocycles. The summed E-state index contributed by atoms with van der Waals surface area (Å²) in [6.07, 6.45) is 24.1. The van der Waals surface area contributed by atoms with Crippen molar-refractivity contribution in [2.75, 3.05) is 26.2 Å². The molecule has 0 radical (unpaired) electrons. The van der Waals surface area contributed by atoms with Gasteiger partial charge in [-0.2, -0.15) is 0 Å². The number of hydrogen-bond acceptors (Lipinski definition) is 4. The molecular weight excluding hydrogens is 500 g/mol. The Balaban J connectivity index is 0.000000788. The summed E-state index contributed by atoms with van der Waals surface area (Å²) < 4.78 is 0. The number of hydrogen-bond donors (Lipinski definition) is 0. The lowest BCUT2D eigenvalue weighted by atomic mass is 10.0. The third kappa shape index (κ3) is 21.1. The van der Waals surface area contributed by atoms with Crippen LogP contribution in [0.25, 0.3) is 0 Å². The van der Waals surface area contributed by atoms with Gasteiger partial charge in [0.15, 0.2) is 0 Å². The molecule has 6 heteroatoms. The second kappa shape index (κ2) is 26.2. The van der Waals surface area contributed by atoms with Gasteiger partial charge in [0, 0.05) is 58.3 Å². The third-order valence-corrected chi connectivity index (χ3v) is 7.99. The smallest absolute Gasteiger partial charge is 0.222 e. The Morgan fingerprint density at radius 3 is 1.48 bits per heavy atom. The number of amides is 2. The fourth-order valence-corrected chi connectivity index (χ4v) is 5.43. The van der Waals surface area contributed by atoms with Crippen LogP contribution in [0, 0.1) is 0 Å². The molecule has 6 nitrogen and oxygen atoms in total. The lowest BCUT2D eigenvalue weighted by Gasteiger charge is -2.20. The second-order valence-electron chi connectivity index (χ2n) is 11.8. The molecule has 0 unspecified atom stereocenters. The first-order chi connectivity index (χ1) is 18.9. The number of carbonyl (C=O) groups is 4. The molecule has 2 fully saturated rings. The molecule has 2 amide bonds. The first-order valence-electron chi connectivity index (χ1n) is 16.5. The van der Waals surface area contributed by atoms with Crippen molar-refractivity contribution in [3.8, 4) is 0 Å². The van der Waals surface area contributed by atoms with Crippen LogP contribution in [0.15, 0.2) is 0 Å². The van der Waals surface area contributed by atoms with Gasteiger partial charge in [0.2, 0.25) is 11.8 Å². The maximum atomic E-state index is 11.9. The van der Waals surface area contributed by atoms with E-state index in [0.717, 1.165) is 122 Å². The summed E-state index contributed by atoms with van der Waals surface area (Å²) in [4.78, 5) is 50.1. The molecule has 234 valence electrons. The van der Waals surface area contributed by atoms with Crippen molar-refractivity contribution < 1.29 is 19.2 Å². The highest BCUT2D eigenvalue weighted by molar-refractivity contribution is 5.78. The summed E-state index contributed by atoms with van der Waals surface area (Å²) in [5.41, 5.74) is 0. The molecule has 2 heterocycles. The highest BCUT2D eigenvalue weighted by Gasteiger charge is 2.16. The molecule has 0 aromatic carbocycles. The topological polar surface area (TPSA) is 74.8 Å². The molecule has 0 aromatic rings. The minimum atomic E-state index is 0. The Morgan fingerprint density at radius 2 is 1.00 bits per heavy atom. The van der Waals surface area contributed by atoms with Crippen molar-refractivity contribution in [1.82, 2.24) is 9.80 Å². The molecule has 2 rings (SSSR count). The Kier molecular flexibility index (Phi) is 25.1. The number of nitrogens with zero attached hydrogens (tertiary/aromatic N) is 2. The number of likely N-dealkylation sites (tertiary alicyclic amines) is 2. The monoisotopic (exact) mass is 564 g/mol. The molecule has 0 atom stereocenters. The van der Waals surface area contributed by atoms with Crippen molar-refractivity contribution >= 4 is 23.4 Å². The summed E-state index contributed by atoms with van der Waals surface area (Å²) >= 11 is 0. The van der Waals surface area contributed by atoms with Gasteiger partial charge in [-0.1, -0.05) is 72.1 Å². The zero-order chi connectivity index (χ0) is 28.6. The van der Waals surface area contributed by atoms with Crippen LogP contribution in [0.3, 0.4) is 0 Å². The molecule has 0 bridgehead atoms. The summed E-state index contributed by atoms with van der Waals surface area (Å²) in [5.74, 6) is 1.36. The lowest BCUT2D eigenvalue weighted by molar-refractivity contribution is -0.131. The Labute approximate surface area is 247 Å². The van der Waals surface area contributed by atoms with Gasteiger partial charge < -0.3 is 14.6 Å². The van der Waals surface area contributed by atoms with Crippen LogP contribution in [0.1, 0.15) is 169 Å². The van der Waals surface area contributed by atoms with Gasteiger partial charge in [0.1, 0.15) is 11.6 Å². The Bertz CT molecular complexity index is 679. The van der Waals surface area contributed by atoms with Crippen LogP contribution in [-0.4, -0.2) is 59.4 Å². The number of unbranched alkanes of at least 4 members (excludes halogenated alkanes) is 9. The largest absolute Gasteiger partial charge is 0.343 e. The summed E-state index contributed by atoms with van der Waals surface area (Å²) in [5, 5.41) is 0. The number of ketones is 2. The van der Waals surface area contributed by atoms with E-state index < -0.39 is 0 Å². The first kappa shape index (κ1) is 38.3. The van der Waals surface area contributed by atoms with Crippen LogP contribution in [-0.2, 0) is 19.2 Å². The minimum absolute atomic E-state index is 0. The highest BCUT2D eigenvalue weighted by atomic mass is 16.2. The second-order valence-corrected chi connectivity index (χ2v) is 11.8. The van der Waals surface area contributed by atoms with E-state index in [4.69, 9.17) is 0 Å². The molecule has 0 N–H and O–H groups in total. The third-order valence-electron chi connectivity index (χ3n) is 7.99. The fraction of sp³-hybridized carbons (Fsp3) is 0.882. The predicted molar refractivity (Wildman–Crippen MR) is 167 cm³/mol. The predicted octanol–water partition coefficient (Wildman–Crippen LogP) is 8.44. The number of carbonyl (C=O) groups excluding carboxylic acids is 4. The van der Waals surface area contributed by atoms with Gasteiger partial charge in [-0.3, -0.25) is 14.4 Å². The molecule has 0 aromatic heterocycles. The summed E-state index contributed by atoms with van der Waals surface area (Å²) in [7, 11) is 0. The van der Waals surface area contributed by atoms with Gasteiger partial charge in [-0.05, 0) is 64.7 Å². The molecule has 0 spiro atoms. The SMILES string of the molecule is C.CC(=O)CCCCCN1CCCCCC1=O.CCCCCCCCC(=O)CCCCCN1CCCCCC1=O. The van der Waals surface area contributed by atoms with Gasteiger partial charge in [-0.25, -0.2) is 0 Å². The number of Topliss-reactive ketones (excluding diaryl/α,β-unsaturated/α-hetero) is 2. The van der Waals surface area contributed by atoms with Gasteiger partial charge in [-0.15, -0.1) is 0 Å². The van der Waals surface area contributed by atoms with Crippen LogP contribution < -0.4 is 0 Å². The molecule has 0 aliphatic carbocycles. The normalized spacial score (nSPS) is 15.9. The van der Waals surface area contributed by atoms with Crippen LogP contribution >= 0.6 is 0 Å². The Morgan fingerprint density at radius 1 is 0.575 bits per heavy atom. The van der Waals surface area contributed by atoms with E-state index >= 15 is 0 Å². The average molecular weight is 565 g/mol. The molecule has 2 aliphatic rings. The van der Waals surface area contributed by atoms with Crippen molar-refractivity contribution in [3.63, 3.8) is 0 Å². The molecular formula is C34H64N2O4. The van der Waals surface area contributed by atoms with E-state index in [9.17, 15) is 19.2 Å². The summed E-state index contributed by atoms with van der Waals surface area (Å²) in [6.45, 7) is 7.52. The van der Waals surface area contributed by atoms with E-state index in [-0.39, 0.29) is 13.2 Å². The zero-order valence-corrected chi connectivity index (χ0v) is 25.6. The maximum Gasteiger partial charge on any atom is 0.222 e. The van der Waals surface area contributed by atoms with Crippen LogP contribution in [0.4, 0.5) is 0 Å². The van der Waals surface area contributed by atoms with E-state index in [1.54, 1.807) is 6.92 Å². The van der Waals surface area contributed by atoms with E-state index in [1.165, 1.54) is 44.9 Å². The molecule has 0 saturated carbocycles. The van der Waals surface area contributed by atoms with Crippen molar-refractivity contribution in [1.29, 1.82) is 0 Å². The average Bonchev–Trinajstić information content (AvgIpc) is 3.25. The zero-order valence-electron chi connectivity index (χ0n) is 25.6. The summed E-state index contributed by atoms with van der Waals surface area (Å²) in [6, 6.07) is 0. The van der Waals surface area contributed by atoms with Gasteiger partial charge in [0.05, 0.1) is 0 Å². The number of rotatable bonds is 19. The van der Waals surface area contributed by atoms with E-state index in [1.807, 2.05) is 9.80 Å². The minimum Gasteiger partial charge on any atom is -0.343 e. The van der Waals surface area contributed by atoms with Crippen molar-refractivity contribution in [2.45, 2.75) is 169 Å².